The molecule has 10 nitrogen and oxygen atoms in total. The van der Waals surface area contributed by atoms with Gasteiger partial charge >= 0.3 is 0 Å². The Bertz CT molecular complexity index is 1110. The maximum atomic E-state index is 13.5. The minimum Gasteiger partial charge on any atom is -0.369 e. The summed E-state index contributed by atoms with van der Waals surface area (Å²) in [6.45, 7) is 3.89. The fourth-order valence-corrected chi connectivity index (χ4v) is 6.33. The Kier molecular flexibility index (Phi) is 6.47. The van der Waals surface area contributed by atoms with Crippen LogP contribution in [0.15, 0.2) is 23.1 Å². The fraction of sp³-hybridized carbons (Fsp3) is 0.619. The highest BCUT2D eigenvalue weighted by Crippen LogP contribution is 2.29. The molecule has 11 heteroatoms. The summed E-state index contributed by atoms with van der Waals surface area (Å²) in [6, 6.07) is 4.11. The van der Waals surface area contributed by atoms with Gasteiger partial charge in [-0.3, -0.25) is 9.59 Å². The molecule has 3 heterocycles. The monoisotopic (exact) mass is 462 g/mol. The Morgan fingerprint density at radius 2 is 1.88 bits per heavy atom. The molecule has 2 fully saturated rings. The maximum Gasteiger partial charge on any atom is 0.243 e. The van der Waals surface area contributed by atoms with Crippen molar-refractivity contribution >= 4 is 32.9 Å². The smallest absolute Gasteiger partial charge is 0.243 e. The van der Waals surface area contributed by atoms with Gasteiger partial charge in [0.25, 0.3) is 0 Å². The van der Waals surface area contributed by atoms with Gasteiger partial charge in [-0.15, -0.1) is 5.10 Å². The SMILES string of the molecule is CCCn1nnc2cc(S(=O)(=O)N3CCCC[C@H]3C(=O)N3CCC(C(N)=O)CC3)ccc21. The second kappa shape index (κ2) is 9.14. The lowest BCUT2D eigenvalue weighted by Gasteiger charge is -2.38. The largest absolute Gasteiger partial charge is 0.369 e. The number of nitrogens with two attached hydrogens (primary N) is 1. The zero-order valence-electron chi connectivity index (χ0n) is 18.3. The number of hydrogen-bond donors (Lipinski definition) is 1. The van der Waals surface area contributed by atoms with Gasteiger partial charge in [-0.1, -0.05) is 18.6 Å². The van der Waals surface area contributed by atoms with Crippen LogP contribution in [-0.2, 0) is 26.2 Å². The first kappa shape index (κ1) is 22.7. The number of fused-ring (bicyclic) bond motifs is 1. The van der Waals surface area contributed by atoms with Crippen LogP contribution in [0.1, 0.15) is 45.4 Å². The summed E-state index contributed by atoms with van der Waals surface area (Å²) in [5.41, 5.74) is 6.70. The molecule has 2 aliphatic rings. The van der Waals surface area contributed by atoms with E-state index in [0.717, 1.165) is 18.4 Å². The zero-order valence-corrected chi connectivity index (χ0v) is 19.1. The highest BCUT2D eigenvalue weighted by molar-refractivity contribution is 7.89. The van der Waals surface area contributed by atoms with E-state index in [1.807, 2.05) is 6.92 Å². The third-order valence-corrected chi connectivity index (χ3v) is 8.38. The van der Waals surface area contributed by atoms with Crippen LogP contribution < -0.4 is 5.73 Å². The van der Waals surface area contributed by atoms with Gasteiger partial charge in [-0.05, 0) is 50.3 Å². The van der Waals surface area contributed by atoms with E-state index in [2.05, 4.69) is 10.3 Å². The summed E-state index contributed by atoms with van der Waals surface area (Å²) >= 11 is 0. The number of aromatic nitrogens is 3. The summed E-state index contributed by atoms with van der Waals surface area (Å²) in [7, 11) is -3.88. The molecule has 0 aliphatic carbocycles. The number of carbonyl (C=O) groups is 2. The van der Waals surface area contributed by atoms with Crippen LogP contribution in [0.4, 0.5) is 0 Å². The molecule has 0 unspecified atom stereocenters. The molecule has 2 aliphatic heterocycles. The van der Waals surface area contributed by atoms with E-state index in [1.165, 1.54) is 10.4 Å². The number of sulfonamides is 1. The average Bonchev–Trinajstić information content (AvgIpc) is 3.21. The van der Waals surface area contributed by atoms with Crippen molar-refractivity contribution in [2.24, 2.45) is 11.7 Å². The molecule has 2 amide bonds. The lowest BCUT2D eigenvalue weighted by Crippen LogP contribution is -2.54. The predicted molar refractivity (Wildman–Crippen MR) is 118 cm³/mol. The standard InChI is InChI=1S/C21H30N6O4S/c1-2-10-26-18-7-6-16(14-17(18)23-24-26)32(30,31)27-11-4-3-5-19(27)21(29)25-12-8-15(9-13-25)20(22)28/h6-7,14-15,19H,2-5,8-13H2,1H3,(H2,22,28)/t19-/m0/s1. The topological polar surface area (TPSA) is 131 Å². The van der Waals surface area contributed by atoms with Crippen molar-refractivity contribution in [3.63, 3.8) is 0 Å². The third-order valence-electron chi connectivity index (χ3n) is 6.48. The van der Waals surface area contributed by atoms with E-state index < -0.39 is 16.1 Å². The first-order valence-electron chi connectivity index (χ1n) is 11.3. The second-order valence-electron chi connectivity index (χ2n) is 8.59. The van der Waals surface area contributed by atoms with Gasteiger partial charge in [0.15, 0.2) is 0 Å². The molecule has 1 atom stereocenters. The molecule has 4 rings (SSSR count). The molecule has 0 spiro atoms. The van der Waals surface area contributed by atoms with Crippen molar-refractivity contribution < 1.29 is 18.0 Å². The molecule has 1 aromatic heterocycles. The molecule has 0 saturated carbocycles. The summed E-state index contributed by atoms with van der Waals surface area (Å²) in [6.07, 6.45) is 3.93. The van der Waals surface area contributed by atoms with E-state index in [0.29, 0.717) is 57.4 Å². The maximum absolute atomic E-state index is 13.5. The summed E-state index contributed by atoms with van der Waals surface area (Å²) in [5, 5.41) is 8.23. The number of nitrogens with zero attached hydrogens (tertiary/aromatic N) is 5. The van der Waals surface area contributed by atoms with Gasteiger partial charge in [0.05, 0.1) is 10.4 Å². The summed E-state index contributed by atoms with van der Waals surface area (Å²) < 4.78 is 30.2. The average molecular weight is 463 g/mol. The summed E-state index contributed by atoms with van der Waals surface area (Å²) in [5.74, 6) is -0.755. The Labute approximate surface area is 187 Å². The molecular weight excluding hydrogens is 432 g/mol. The van der Waals surface area contributed by atoms with Gasteiger partial charge in [0.1, 0.15) is 11.6 Å². The van der Waals surface area contributed by atoms with Crippen molar-refractivity contribution in [3.8, 4) is 0 Å². The van der Waals surface area contributed by atoms with E-state index in [9.17, 15) is 18.0 Å². The number of likely N-dealkylation sites (tertiary alicyclic amines) is 1. The normalized spacial score (nSPS) is 21.2. The Hall–Kier alpha value is -2.53. The van der Waals surface area contributed by atoms with Crippen molar-refractivity contribution in [1.82, 2.24) is 24.2 Å². The van der Waals surface area contributed by atoms with Crippen molar-refractivity contribution in [1.29, 1.82) is 0 Å². The molecule has 2 aromatic rings. The van der Waals surface area contributed by atoms with Gasteiger partial charge in [-0.2, -0.15) is 4.31 Å². The number of hydrogen-bond acceptors (Lipinski definition) is 6. The Morgan fingerprint density at radius 1 is 1.12 bits per heavy atom. The number of primary amides is 1. The first-order chi connectivity index (χ1) is 15.3. The van der Waals surface area contributed by atoms with E-state index >= 15 is 0 Å². The lowest BCUT2D eigenvalue weighted by molar-refractivity contribution is -0.139. The van der Waals surface area contributed by atoms with Gasteiger partial charge < -0.3 is 10.6 Å². The van der Waals surface area contributed by atoms with Gasteiger partial charge in [-0.25, -0.2) is 13.1 Å². The van der Waals surface area contributed by atoms with Crippen LogP contribution in [0.2, 0.25) is 0 Å². The minimum absolute atomic E-state index is 0.126. The third kappa shape index (κ3) is 4.23. The fourth-order valence-electron chi connectivity index (χ4n) is 4.66. The molecule has 2 saturated heterocycles. The number of carbonyl (C=O) groups excluding carboxylic acids is 2. The number of amides is 2. The molecule has 32 heavy (non-hydrogen) atoms. The minimum atomic E-state index is -3.88. The molecule has 1 aromatic carbocycles. The van der Waals surface area contributed by atoms with Crippen molar-refractivity contribution in [2.75, 3.05) is 19.6 Å². The number of aryl methyl sites for hydroxylation is 1. The molecule has 174 valence electrons. The second-order valence-corrected chi connectivity index (χ2v) is 10.5. The van der Waals surface area contributed by atoms with Crippen LogP contribution in [0.5, 0.6) is 0 Å². The predicted octanol–water partition coefficient (Wildman–Crippen LogP) is 1.11. The molecule has 0 radical (unpaired) electrons. The van der Waals surface area contributed by atoms with Crippen molar-refractivity contribution in [2.45, 2.75) is 62.9 Å². The lowest BCUT2D eigenvalue weighted by atomic mass is 9.95. The Balaban J connectivity index is 1.57. The van der Waals surface area contributed by atoms with Crippen LogP contribution in [0.25, 0.3) is 11.0 Å². The zero-order chi connectivity index (χ0) is 22.9. The van der Waals surface area contributed by atoms with Gasteiger partial charge in [0, 0.05) is 32.1 Å². The highest BCUT2D eigenvalue weighted by Gasteiger charge is 2.40. The van der Waals surface area contributed by atoms with E-state index in [4.69, 9.17) is 5.73 Å². The van der Waals surface area contributed by atoms with E-state index in [1.54, 1.807) is 21.7 Å². The van der Waals surface area contributed by atoms with Crippen LogP contribution in [0.3, 0.4) is 0 Å². The quantitative estimate of drug-likeness (QED) is 0.684. The molecule has 2 N–H and O–H groups in total. The van der Waals surface area contributed by atoms with Crippen molar-refractivity contribution in [3.05, 3.63) is 18.2 Å². The number of piperidine rings is 2. The number of rotatable bonds is 6. The van der Waals surface area contributed by atoms with Crippen LogP contribution in [-0.4, -0.2) is 70.1 Å². The molecule has 0 bridgehead atoms. The van der Waals surface area contributed by atoms with Gasteiger partial charge in [0.2, 0.25) is 21.8 Å². The molecular formula is C21H30N6O4S. The summed E-state index contributed by atoms with van der Waals surface area (Å²) in [4.78, 5) is 26.5. The number of benzene rings is 1. The first-order valence-corrected chi connectivity index (χ1v) is 12.7. The van der Waals surface area contributed by atoms with Crippen LogP contribution in [0, 0.1) is 5.92 Å². The highest BCUT2D eigenvalue weighted by atomic mass is 32.2. The Morgan fingerprint density at radius 3 is 2.56 bits per heavy atom. The van der Waals surface area contributed by atoms with E-state index in [-0.39, 0.29) is 22.6 Å². The van der Waals surface area contributed by atoms with Crippen LogP contribution >= 0.6 is 0 Å².